The first-order valence-corrected chi connectivity index (χ1v) is 5.87. The number of hydrogen-bond donors (Lipinski definition) is 1. The van der Waals surface area contributed by atoms with Crippen LogP contribution in [0, 0.1) is 0 Å². The predicted octanol–water partition coefficient (Wildman–Crippen LogP) is -1.41. The minimum Gasteiger partial charge on any atom is -1.00 e. The summed E-state index contributed by atoms with van der Waals surface area (Å²) in [5, 5.41) is 9.92. The van der Waals surface area contributed by atoms with Gasteiger partial charge in [0.2, 0.25) is 0 Å². The van der Waals surface area contributed by atoms with Crippen LogP contribution >= 0.6 is 0 Å². The number of phenols is 1. The van der Waals surface area contributed by atoms with Crippen LogP contribution in [0.1, 0.15) is 29.2 Å². The monoisotopic (exact) mass is 290 g/mol. The summed E-state index contributed by atoms with van der Waals surface area (Å²) >= 11 is 0. The molecule has 0 saturated heterocycles. The van der Waals surface area contributed by atoms with Crippen molar-refractivity contribution in [2.24, 2.45) is 0 Å². The van der Waals surface area contributed by atoms with Gasteiger partial charge in [-0.15, -0.1) is 0 Å². The molecule has 0 amide bonds. The van der Waals surface area contributed by atoms with E-state index in [0.717, 1.165) is 11.1 Å². The molecule has 92 valence electrons. The zero-order valence-electron chi connectivity index (χ0n) is 14.6. The number of phenolic OH excluding ortho intramolecular Hbond substituents is 1. The Kier molecular flexibility index (Phi) is 8.74. The van der Waals surface area contributed by atoms with Gasteiger partial charge in [0.1, 0.15) is 5.75 Å². The summed E-state index contributed by atoms with van der Waals surface area (Å²) in [4.78, 5) is 0. The quantitative estimate of drug-likeness (QED) is 0.640. The van der Waals surface area contributed by atoms with Gasteiger partial charge in [-0.05, 0) is 34.2 Å². The van der Waals surface area contributed by atoms with Crippen LogP contribution in [0.5, 0.6) is 5.75 Å². The summed E-state index contributed by atoms with van der Waals surface area (Å²) in [5.41, 5.74) is 3.26. The first-order valence-electron chi connectivity index (χ1n) is 5.87. The predicted molar refractivity (Wildman–Crippen MR) is 74.5 cm³/mol. The molecule has 2 aromatic carbocycles. The van der Waals surface area contributed by atoms with Crippen LogP contribution in [-0.4, -0.2) is 5.11 Å². The molecule has 19 heavy (non-hydrogen) atoms. The van der Waals surface area contributed by atoms with Gasteiger partial charge in [0.25, 0.3) is 0 Å². The fraction of sp³-hybridized carbons (Fsp3) is 0.250. The van der Waals surface area contributed by atoms with Crippen LogP contribution < -0.4 is 80.9 Å². The van der Waals surface area contributed by atoms with E-state index in [1.165, 1.54) is 5.56 Å². The molecule has 0 spiro atoms. The molecule has 2 rings (SSSR count). The maximum atomic E-state index is 9.92. The number of rotatable bonds is 1. The van der Waals surface area contributed by atoms with E-state index >= 15 is 0 Å². The van der Waals surface area contributed by atoms with E-state index in [1.807, 2.05) is 24.3 Å². The largest absolute Gasteiger partial charge is 1.00 e. The van der Waals surface area contributed by atoms with Crippen LogP contribution in [0.15, 0.2) is 48.5 Å². The maximum absolute atomic E-state index is 9.92. The van der Waals surface area contributed by atoms with Gasteiger partial charge in [0, 0.05) is 0 Å². The van der Waals surface area contributed by atoms with Crippen LogP contribution in [0.3, 0.4) is 0 Å². The molecule has 1 N–H and O–H groups in total. The molecule has 0 bridgehead atoms. The average molecular weight is 290 g/mol. The Morgan fingerprint density at radius 2 is 1.47 bits per heavy atom. The van der Waals surface area contributed by atoms with Gasteiger partial charge < -0.3 is 7.96 Å². The van der Waals surface area contributed by atoms with Crippen molar-refractivity contribution in [2.45, 2.75) is 26.2 Å². The summed E-state index contributed by atoms with van der Waals surface area (Å²) in [6.07, 6.45) is 0. The van der Waals surface area contributed by atoms with E-state index in [1.54, 1.807) is 6.07 Å². The third-order valence-electron chi connectivity index (χ3n) is 2.91. The van der Waals surface area contributed by atoms with Crippen LogP contribution in [0.4, 0.5) is 0 Å². The Morgan fingerprint density at radius 1 is 0.895 bits per heavy atom. The molecule has 0 aromatic heterocycles. The molecule has 1 nitrogen and oxygen atoms in total. The third-order valence-corrected chi connectivity index (χ3v) is 2.91. The Bertz CT molecular complexity index is 528. The minimum atomic E-state index is -0.0468. The summed E-state index contributed by atoms with van der Waals surface area (Å²) in [6, 6.07) is 16.0. The third kappa shape index (κ3) is 5.29. The second-order valence-electron chi connectivity index (χ2n) is 5.35. The number of benzene rings is 2. The van der Waals surface area contributed by atoms with Crippen LogP contribution in [0.25, 0.3) is 11.1 Å². The molecule has 3 heteroatoms. The van der Waals surface area contributed by atoms with Crippen molar-refractivity contribution < 1.29 is 88.9 Å². The molecule has 0 heterocycles. The van der Waals surface area contributed by atoms with Gasteiger partial charge in [-0.3, -0.25) is 0 Å². The van der Waals surface area contributed by atoms with E-state index in [-0.39, 0.29) is 89.2 Å². The van der Waals surface area contributed by atoms with Crippen molar-refractivity contribution >= 4 is 0 Å². The van der Waals surface area contributed by atoms with Crippen molar-refractivity contribution in [3.8, 4) is 16.9 Å². The molecule has 0 fully saturated rings. The topological polar surface area (TPSA) is 20.2 Å². The molecule has 0 atom stereocenters. The molecule has 2 aromatic rings. The molecule has 0 aliphatic heterocycles. The maximum Gasteiger partial charge on any atom is 1.00 e. The first kappa shape index (κ1) is 19.9. The van der Waals surface area contributed by atoms with Crippen molar-refractivity contribution in [3.05, 3.63) is 54.1 Å². The van der Waals surface area contributed by atoms with Crippen molar-refractivity contribution in [1.82, 2.24) is 0 Å². The van der Waals surface area contributed by atoms with E-state index in [4.69, 9.17) is 0 Å². The zero-order chi connectivity index (χ0) is 12.5. The van der Waals surface area contributed by atoms with E-state index in [2.05, 4.69) is 39.0 Å². The Balaban J connectivity index is -0.000000810. The van der Waals surface area contributed by atoms with E-state index in [9.17, 15) is 5.11 Å². The molecular weight excluding hydrogens is 270 g/mol. The van der Waals surface area contributed by atoms with Gasteiger partial charge >= 0.3 is 80.9 Å². The van der Waals surface area contributed by atoms with E-state index in [0.29, 0.717) is 5.75 Å². The molecule has 0 unspecified atom stereocenters. The second kappa shape index (κ2) is 8.35. The van der Waals surface area contributed by atoms with Crippen molar-refractivity contribution in [2.75, 3.05) is 0 Å². The molecule has 0 saturated carbocycles. The Hall–Kier alpha value is 0.876. The fourth-order valence-corrected chi connectivity index (χ4v) is 1.95. The molecular formula is C16H20KNaO. The van der Waals surface area contributed by atoms with Gasteiger partial charge in [-0.2, -0.15) is 0 Å². The normalized spacial score (nSPS) is 10.3. The minimum absolute atomic E-state index is 0. The van der Waals surface area contributed by atoms with Gasteiger partial charge in [-0.1, -0.05) is 57.2 Å². The van der Waals surface area contributed by atoms with Gasteiger partial charge in [0.05, 0.1) is 0 Å². The summed E-state index contributed by atoms with van der Waals surface area (Å²) in [5.74, 6) is 0.372. The zero-order valence-corrected chi connectivity index (χ0v) is 17.7. The number of aromatic hydroxyl groups is 1. The fourth-order valence-electron chi connectivity index (χ4n) is 1.95. The first-order chi connectivity index (χ1) is 7.98. The standard InChI is InChI=1S/C16H18O.K.Na.2H/c1-16(2,3)14-11-13(9-10-15(14)17)12-7-5-4-6-8-12;;;;/h4-11,17H,1-3H3;;;;/q;2*+1;2*-1. The van der Waals surface area contributed by atoms with Gasteiger partial charge in [0.15, 0.2) is 0 Å². The molecule has 0 aliphatic rings. The summed E-state index contributed by atoms with van der Waals surface area (Å²) < 4.78 is 0. The summed E-state index contributed by atoms with van der Waals surface area (Å²) in [7, 11) is 0. The van der Waals surface area contributed by atoms with E-state index < -0.39 is 0 Å². The van der Waals surface area contributed by atoms with Crippen LogP contribution in [-0.2, 0) is 5.41 Å². The Labute approximate surface area is 183 Å². The van der Waals surface area contributed by atoms with Crippen molar-refractivity contribution in [1.29, 1.82) is 0 Å². The molecule has 0 radical (unpaired) electrons. The van der Waals surface area contributed by atoms with Crippen LogP contribution in [0.2, 0.25) is 0 Å². The number of hydrogen-bond acceptors (Lipinski definition) is 1. The second-order valence-corrected chi connectivity index (χ2v) is 5.35. The molecule has 0 aliphatic carbocycles. The van der Waals surface area contributed by atoms with Crippen molar-refractivity contribution in [3.63, 3.8) is 0 Å². The summed E-state index contributed by atoms with van der Waals surface area (Å²) in [6.45, 7) is 6.32. The SMILES string of the molecule is CC(C)(C)c1cc(-c2ccccc2)ccc1O.[H-].[H-].[K+].[Na+]. The average Bonchev–Trinajstić information content (AvgIpc) is 2.29. The smallest absolute Gasteiger partial charge is 1.00 e. The Morgan fingerprint density at radius 3 is 2.00 bits per heavy atom. The van der Waals surface area contributed by atoms with Gasteiger partial charge in [-0.25, -0.2) is 0 Å².